The number of nitrogens with two attached hydrogens (primary N) is 1. The van der Waals surface area contributed by atoms with E-state index >= 15 is 0 Å². The molecule has 7 heteroatoms. The van der Waals surface area contributed by atoms with Gasteiger partial charge in [-0.1, -0.05) is 19.8 Å². The summed E-state index contributed by atoms with van der Waals surface area (Å²) < 4.78 is 22.5. The van der Waals surface area contributed by atoms with Crippen LogP contribution in [0.25, 0.3) is 0 Å². The van der Waals surface area contributed by atoms with Crippen LogP contribution in [0.5, 0.6) is 0 Å². The third-order valence-corrected chi connectivity index (χ3v) is 5.40. The zero-order valence-corrected chi connectivity index (χ0v) is 12.8. The molecule has 0 saturated carbocycles. The number of primary sulfonamides is 1. The van der Waals surface area contributed by atoms with E-state index < -0.39 is 10.0 Å². The number of rotatable bonds is 7. The molecule has 1 amide bonds. The highest BCUT2D eigenvalue weighted by Crippen LogP contribution is 2.25. The van der Waals surface area contributed by atoms with Crippen molar-refractivity contribution >= 4 is 27.3 Å². The summed E-state index contributed by atoms with van der Waals surface area (Å²) in [7, 11) is -3.66. The van der Waals surface area contributed by atoms with E-state index in [1.54, 1.807) is 6.07 Å². The van der Waals surface area contributed by atoms with Gasteiger partial charge in [0, 0.05) is 11.3 Å². The van der Waals surface area contributed by atoms with Crippen LogP contribution in [0, 0.1) is 0 Å². The lowest BCUT2D eigenvalue weighted by atomic mass is 10.2. The van der Waals surface area contributed by atoms with Gasteiger partial charge >= 0.3 is 0 Å². The predicted octanol–water partition coefficient (Wildman–Crippen LogP) is 2.15. The average molecular weight is 304 g/mol. The van der Waals surface area contributed by atoms with E-state index in [0.29, 0.717) is 6.42 Å². The van der Waals surface area contributed by atoms with E-state index in [0.717, 1.165) is 35.5 Å². The second kappa shape index (κ2) is 7.02. The van der Waals surface area contributed by atoms with Crippen LogP contribution in [-0.4, -0.2) is 14.3 Å². The summed E-state index contributed by atoms with van der Waals surface area (Å²) in [5.74, 6) is -0.00787. The summed E-state index contributed by atoms with van der Waals surface area (Å²) in [4.78, 5) is 12.4. The highest BCUT2D eigenvalue weighted by atomic mass is 32.2. The maximum Gasteiger partial charge on any atom is 0.247 e. The summed E-state index contributed by atoms with van der Waals surface area (Å²) in [5.41, 5.74) is 0. The monoisotopic (exact) mass is 304 g/mol. The van der Waals surface area contributed by atoms with E-state index in [9.17, 15) is 13.2 Å². The van der Waals surface area contributed by atoms with Crippen LogP contribution < -0.4 is 10.5 Å². The number of unbranched alkanes of at least 4 members (excludes halogenated alkanes) is 2. The molecule has 1 rings (SSSR count). The van der Waals surface area contributed by atoms with E-state index in [4.69, 9.17) is 5.14 Å². The first-order valence-corrected chi connectivity index (χ1v) is 8.62. The number of hydrogen-bond acceptors (Lipinski definition) is 4. The molecule has 108 valence electrons. The molecule has 3 N–H and O–H groups in total. The Balaban J connectivity index is 2.56. The van der Waals surface area contributed by atoms with E-state index in [2.05, 4.69) is 12.2 Å². The molecule has 19 heavy (non-hydrogen) atoms. The van der Waals surface area contributed by atoms with E-state index in [1.807, 2.05) is 6.92 Å². The Labute approximate surface area is 118 Å². The van der Waals surface area contributed by atoms with Crippen LogP contribution in [0.2, 0.25) is 0 Å². The summed E-state index contributed by atoms with van der Waals surface area (Å²) in [5, 5.41) is 7.90. The molecule has 1 aromatic heterocycles. The number of carbonyl (C=O) groups is 1. The zero-order valence-electron chi connectivity index (χ0n) is 11.2. The molecule has 0 aliphatic carbocycles. The van der Waals surface area contributed by atoms with Crippen molar-refractivity contribution in [1.29, 1.82) is 0 Å². The minimum Gasteiger partial charge on any atom is -0.349 e. The second-order valence-corrected chi connectivity index (χ2v) is 7.35. The number of thiophene rings is 1. The fraction of sp³-hybridized carbons (Fsp3) is 0.583. The molecule has 1 unspecified atom stereocenters. The van der Waals surface area contributed by atoms with E-state index in [1.165, 1.54) is 6.07 Å². The van der Waals surface area contributed by atoms with Crippen LogP contribution in [0.1, 0.15) is 50.4 Å². The fourth-order valence-electron chi connectivity index (χ4n) is 1.64. The van der Waals surface area contributed by atoms with Gasteiger partial charge in [-0.05, 0) is 25.5 Å². The molecule has 0 saturated heterocycles. The van der Waals surface area contributed by atoms with Gasteiger partial charge in [0.05, 0.1) is 6.04 Å². The fourth-order valence-corrected chi connectivity index (χ4v) is 3.39. The Morgan fingerprint density at radius 3 is 2.63 bits per heavy atom. The normalized spacial score (nSPS) is 13.2. The van der Waals surface area contributed by atoms with Crippen molar-refractivity contribution in [2.24, 2.45) is 5.14 Å². The summed E-state index contributed by atoms with van der Waals surface area (Å²) in [6, 6.07) is 2.95. The SMILES string of the molecule is CCCCCC(=O)NC(C)c1ccc(S(N)(=O)=O)s1. The second-order valence-electron chi connectivity index (χ2n) is 4.45. The van der Waals surface area contributed by atoms with Gasteiger partial charge in [-0.15, -0.1) is 11.3 Å². The van der Waals surface area contributed by atoms with Gasteiger partial charge in [0.25, 0.3) is 0 Å². The Morgan fingerprint density at radius 1 is 1.42 bits per heavy atom. The summed E-state index contributed by atoms with van der Waals surface area (Å²) >= 11 is 1.09. The standard InChI is InChI=1S/C12H20N2O3S2/c1-3-4-5-6-11(15)14-9(2)10-7-8-12(18-10)19(13,16)17/h7-9H,3-6H2,1-2H3,(H,14,15)(H2,13,16,17). The number of hydrogen-bond donors (Lipinski definition) is 2. The van der Waals surface area contributed by atoms with Crippen molar-refractivity contribution in [3.63, 3.8) is 0 Å². The van der Waals surface area contributed by atoms with Crippen LogP contribution >= 0.6 is 11.3 Å². The Kier molecular flexibility index (Phi) is 5.96. The van der Waals surface area contributed by atoms with Gasteiger partial charge in [-0.2, -0.15) is 0 Å². The largest absolute Gasteiger partial charge is 0.349 e. The number of nitrogens with one attached hydrogen (secondary N) is 1. The molecule has 1 atom stereocenters. The molecule has 0 aromatic carbocycles. The molecular weight excluding hydrogens is 284 g/mol. The lowest BCUT2D eigenvalue weighted by Gasteiger charge is -2.11. The van der Waals surface area contributed by atoms with Gasteiger partial charge in [-0.3, -0.25) is 4.79 Å². The van der Waals surface area contributed by atoms with Crippen molar-refractivity contribution in [2.75, 3.05) is 0 Å². The molecular formula is C12H20N2O3S2. The van der Waals surface area contributed by atoms with Crippen molar-refractivity contribution in [3.05, 3.63) is 17.0 Å². The van der Waals surface area contributed by atoms with E-state index in [-0.39, 0.29) is 16.2 Å². The summed E-state index contributed by atoms with van der Waals surface area (Å²) in [6.07, 6.45) is 3.50. The molecule has 0 fully saturated rings. The van der Waals surface area contributed by atoms with Gasteiger partial charge in [-0.25, -0.2) is 13.6 Å². The van der Waals surface area contributed by atoms with Crippen molar-refractivity contribution in [2.45, 2.75) is 49.8 Å². The molecule has 0 bridgehead atoms. The van der Waals surface area contributed by atoms with Crippen LogP contribution in [0.4, 0.5) is 0 Å². The van der Waals surface area contributed by atoms with Gasteiger partial charge in [0.1, 0.15) is 4.21 Å². The highest BCUT2D eigenvalue weighted by molar-refractivity contribution is 7.91. The van der Waals surface area contributed by atoms with Gasteiger partial charge < -0.3 is 5.32 Å². The van der Waals surface area contributed by atoms with Crippen LogP contribution in [-0.2, 0) is 14.8 Å². The smallest absolute Gasteiger partial charge is 0.247 e. The lowest BCUT2D eigenvalue weighted by Crippen LogP contribution is -2.25. The van der Waals surface area contributed by atoms with Crippen LogP contribution in [0.3, 0.4) is 0 Å². The third kappa shape index (κ3) is 5.30. The van der Waals surface area contributed by atoms with Gasteiger partial charge in [0.15, 0.2) is 0 Å². The maximum atomic E-state index is 11.7. The van der Waals surface area contributed by atoms with Crippen molar-refractivity contribution in [1.82, 2.24) is 5.32 Å². The molecule has 0 aliphatic rings. The van der Waals surface area contributed by atoms with Crippen molar-refractivity contribution < 1.29 is 13.2 Å². The zero-order chi connectivity index (χ0) is 14.5. The number of sulfonamides is 1. The highest BCUT2D eigenvalue weighted by Gasteiger charge is 2.16. The number of carbonyl (C=O) groups excluding carboxylic acids is 1. The molecule has 0 aliphatic heterocycles. The topological polar surface area (TPSA) is 89.3 Å². The summed E-state index contributed by atoms with van der Waals surface area (Å²) in [6.45, 7) is 3.91. The quantitative estimate of drug-likeness (QED) is 0.756. The molecule has 0 spiro atoms. The molecule has 5 nitrogen and oxygen atoms in total. The Hall–Kier alpha value is -0.920. The molecule has 1 aromatic rings. The van der Waals surface area contributed by atoms with Crippen molar-refractivity contribution in [3.8, 4) is 0 Å². The first-order chi connectivity index (χ1) is 8.84. The minimum atomic E-state index is -3.66. The first kappa shape index (κ1) is 16.1. The van der Waals surface area contributed by atoms with Gasteiger partial charge in [0.2, 0.25) is 15.9 Å². The Bertz CT molecular complexity index is 523. The Morgan fingerprint density at radius 2 is 2.11 bits per heavy atom. The average Bonchev–Trinajstić information content (AvgIpc) is 2.78. The molecule has 0 radical (unpaired) electrons. The molecule has 1 heterocycles. The first-order valence-electron chi connectivity index (χ1n) is 6.26. The maximum absolute atomic E-state index is 11.7. The van der Waals surface area contributed by atoms with Crippen LogP contribution in [0.15, 0.2) is 16.3 Å². The predicted molar refractivity (Wildman–Crippen MR) is 76.4 cm³/mol. The minimum absolute atomic E-state index is 0.00787. The lowest BCUT2D eigenvalue weighted by molar-refractivity contribution is -0.121. The number of amides is 1. The third-order valence-electron chi connectivity index (χ3n) is 2.69.